The maximum atomic E-state index is 12.7. The van der Waals surface area contributed by atoms with Gasteiger partial charge in [-0.3, -0.25) is 9.52 Å². The second-order valence-corrected chi connectivity index (χ2v) is 8.25. The Morgan fingerprint density at radius 1 is 0.929 bits per heavy atom. The van der Waals surface area contributed by atoms with Gasteiger partial charge in [-0.2, -0.15) is 0 Å². The average Bonchev–Trinajstić information content (AvgIpc) is 2.63. The van der Waals surface area contributed by atoms with E-state index in [-0.39, 0.29) is 10.5 Å². The van der Waals surface area contributed by atoms with E-state index in [4.69, 9.17) is 0 Å². The van der Waals surface area contributed by atoms with Crippen molar-refractivity contribution in [3.8, 4) is 0 Å². The molecule has 2 aromatic carbocycles. The average molecular weight is 395 g/mol. The molecule has 1 amide bonds. The highest BCUT2D eigenvalue weighted by molar-refractivity contribution is 7.92. The van der Waals surface area contributed by atoms with Gasteiger partial charge in [0.25, 0.3) is 15.9 Å². The van der Waals surface area contributed by atoms with Crippen molar-refractivity contribution in [1.29, 1.82) is 0 Å². The molecule has 28 heavy (non-hydrogen) atoms. The molecule has 0 aliphatic rings. The van der Waals surface area contributed by atoms with Crippen molar-refractivity contribution in [3.63, 3.8) is 0 Å². The first kappa shape index (κ1) is 19.6. The Labute approximate surface area is 164 Å². The fourth-order valence-electron chi connectivity index (χ4n) is 2.64. The van der Waals surface area contributed by atoms with Gasteiger partial charge in [0.05, 0.1) is 4.90 Å². The lowest BCUT2D eigenvalue weighted by Crippen LogP contribution is -2.17. The summed E-state index contributed by atoms with van der Waals surface area (Å²) in [6.07, 6.45) is 0. The Balaban J connectivity index is 1.87. The molecule has 0 radical (unpaired) electrons. The number of amides is 1. The van der Waals surface area contributed by atoms with Gasteiger partial charge in [0.1, 0.15) is 5.82 Å². The molecule has 1 heterocycles. The van der Waals surface area contributed by atoms with Crippen molar-refractivity contribution < 1.29 is 13.2 Å². The fraction of sp³-hybridized carbons (Fsp3) is 0.143. The lowest BCUT2D eigenvalue weighted by atomic mass is 10.1. The molecule has 0 fully saturated rings. The molecule has 3 rings (SSSR count). The normalized spacial score (nSPS) is 11.1. The van der Waals surface area contributed by atoms with Crippen LogP contribution >= 0.6 is 0 Å². The smallest absolute Gasteiger partial charge is 0.261 e. The van der Waals surface area contributed by atoms with E-state index in [2.05, 4.69) is 15.0 Å². The number of sulfonamides is 1. The molecule has 6 nitrogen and oxygen atoms in total. The van der Waals surface area contributed by atoms with Crippen molar-refractivity contribution in [2.24, 2.45) is 0 Å². The molecule has 0 atom stereocenters. The Hall–Kier alpha value is -3.19. The summed E-state index contributed by atoms with van der Waals surface area (Å²) in [7, 11) is -3.82. The van der Waals surface area contributed by atoms with Crippen molar-refractivity contribution in [2.75, 3.05) is 10.0 Å². The van der Waals surface area contributed by atoms with Crippen molar-refractivity contribution in [1.82, 2.24) is 4.98 Å². The molecule has 0 spiro atoms. The number of carbonyl (C=O) groups is 1. The van der Waals surface area contributed by atoms with Gasteiger partial charge in [-0.15, -0.1) is 0 Å². The topological polar surface area (TPSA) is 88.2 Å². The third kappa shape index (κ3) is 4.55. The molecule has 0 saturated heterocycles. The van der Waals surface area contributed by atoms with Crippen LogP contribution in [0.5, 0.6) is 0 Å². The summed E-state index contributed by atoms with van der Waals surface area (Å²) < 4.78 is 28.0. The number of aromatic nitrogens is 1. The quantitative estimate of drug-likeness (QED) is 0.682. The van der Waals surface area contributed by atoms with Crippen LogP contribution < -0.4 is 10.0 Å². The molecule has 1 aromatic heterocycles. The Morgan fingerprint density at radius 3 is 2.32 bits per heavy atom. The second-order valence-electron chi connectivity index (χ2n) is 6.57. The van der Waals surface area contributed by atoms with Crippen LogP contribution in [0.2, 0.25) is 0 Å². The van der Waals surface area contributed by atoms with Gasteiger partial charge in [-0.25, -0.2) is 13.4 Å². The molecule has 0 aliphatic carbocycles. The molecule has 3 aromatic rings. The molecule has 0 aliphatic heterocycles. The highest BCUT2D eigenvalue weighted by atomic mass is 32.2. The minimum absolute atomic E-state index is 0.0148. The largest absolute Gasteiger partial charge is 0.307 e. The van der Waals surface area contributed by atoms with Crippen LogP contribution in [0.25, 0.3) is 0 Å². The highest BCUT2D eigenvalue weighted by Crippen LogP contribution is 2.20. The zero-order valence-electron chi connectivity index (χ0n) is 15.9. The summed E-state index contributed by atoms with van der Waals surface area (Å²) in [5.74, 6) is -0.00146. The maximum Gasteiger partial charge on any atom is 0.261 e. The first-order chi connectivity index (χ1) is 13.2. The fourth-order valence-corrected chi connectivity index (χ4v) is 3.73. The summed E-state index contributed by atoms with van der Waals surface area (Å²) in [6.45, 7) is 5.50. The number of carbonyl (C=O) groups excluding carboxylic acids is 1. The summed E-state index contributed by atoms with van der Waals surface area (Å²) >= 11 is 0. The zero-order chi connectivity index (χ0) is 20.3. The zero-order valence-corrected chi connectivity index (χ0v) is 16.7. The van der Waals surface area contributed by atoms with E-state index >= 15 is 0 Å². The Morgan fingerprint density at radius 2 is 1.64 bits per heavy atom. The van der Waals surface area contributed by atoms with E-state index < -0.39 is 15.9 Å². The number of nitrogens with one attached hydrogen (secondary N) is 2. The first-order valence-corrected chi connectivity index (χ1v) is 10.2. The lowest BCUT2D eigenvalue weighted by Gasteiger charge is -2.12. The van der Waals surface area contributed by atoms with E-state index in [1.165, 1.54) is 12.1 Å². The van der Waals surface area contributed by atoms with Gasteiger partial charge in [-0.1, -0.05) is 29.8 Å². The SMILES string of the molecule is Cc1ccc(NS(=O)(=O)c2ccc(C)c(C(=O)Nc3cccc(C)n3)c2)cc1. The van der Waals surface area contributed by atoms with Crippen LogP contribution in [0.15, 0.2) is 65.6 Å². The van der Waals surface area contributed by atoms with E-state index in [1.807, 2.05) is 32.0 Å². The van der Waals surface area contributed by atoms with Crippen molar-refractivity contribution in [3.05, 3.63) is 83.0 Å². The predicted octanol–water partition coefficient (Wildman–Crippen LogP) is 4.06. The molecule has 0 saturated carbocycles. The summed E-state index contributed by atoms with van der Waals surface area (Å²) in [4.78, 5) is 16.9. The number of hydrogen-bond donors (Lipinski definition) is 2. The predicted molar refractivity (Wildman–Crippen MR) is 110 cm³/mol. The van der Waals surface area contributed by atoms with Crippen molar-refractivity contribution in [2.45, 2.75) is 25.7 Å². The molecule has 144 valence electrons. The molecule has 0 bridgehead atoms. The number of pyridine rings is 1. The number of hydrogen-bond acceptors (Lipinski definition) is 4. The van der Waals surface area contributed by atoms with E-state index in [0.29, 0.717) is 17.1 Å². The van der Waals surface area contributed by atoms with Gasteiger partial charge >= 0.3 is 0 Å². The summed E-state index contributed by atoms with van der Waals surface area (Å²) in [6, 6.07) is 16.8. The first-order valence-electron chi connectivity index (χ1n) is 8.70. The van der Waals surface area contributed by atoms with Crippen LogP contribution in [0, 0.1) is 20.8 Å². The number of benzene rings is 2. The molecule has 2 N–H and O–H groups in total. The monoisotopic (exact) mass is 395 g/mol. The van der Waals surface area contributed by atoms with Crippen LogP contribution in [0.3, 0.4) is 0 Å². The van der Waals surface area contributed by atoms with Crippen LogP contribution in [-0.4, -0.2) is 19.3 Å². The minimum Gasteiger partial charge on any atom is -0.307 e. The lowest BCUT2D eigenvalue weighted by molar-refractivity contribution is 0.102. The molecule has 0 unspecified atom stereocenters. The van der Waals surface area contributed by atoms with E-state index in [0.717, 1.165) is 11.3 Å². The third-order valence-electron chi connectivity index (χ3n) is 4.20. The standard InChI is InChI=1S/C21H21N3O3S/c1-14-7-10-17(11-8-14)24-28(26,27)18-12-9-15(2)19(13-18)21(25)23-20-6-4-5-16(3)22-20/h4-13,24H,1-3H3,(H,22,23,25). The molecule has 7 heteroatoms. The van der Waals surface area contributed by atoms with Crippen LogP contribution in [0.1, 0.15) is 27.2 Å². The number of anilines is 2. The van der Waals surface area contributed by atoms with E-state index in [1.54, 1.807) is 37.3 Å². The van der Waals surface area contributed by atoms with Gasteiger partial charge in [0.15, 0.2) is 0 Å². The van der Waals surface area contributed by atoms with Crippen LogP contribution in [-0.2, 0) is 10.0 Å². The van der Waals surface area contributed by atoms with Gasteiger partial charge in [0, 0.05) is 16.9 Å². The summed E-state index contributed by atoms with van der Waals surface area (Å²) in [5.41, 5.74) is 3.20. The molecular formula is C21H21N3O3S. The van der Waals surface area contributed by atoms with E-state index in [9.17, 15) is 13.2 Å². The number of aryl methyl sites for hydroxylation is 3. The Kier molecular flexibility index (Phi) is 5.46. The second kappa shape index (κ2) is 7.82. The highest BCUT2D eigenvalue weighted by Gasteiger charge is 2.18. The maximum absolute atomic E-state index is 12.7. The van der Waals surface area contributed by atoms with Gasteiger partial charge in [-0.05, 0) is 62.7 Å². The van der Waals surface area contributed by atoms with Gasteiger partial charge in [0.2, 0.25) is 0 Å². The van der Waals surface area contributed by atoms with Gasteiger partial charge < -0.3 is 5.32 Å². The minimum atomic E-state index is -3.82. The number of rotatable bonds is 5. The summed E-state index contributed by atoms with van der Waals surface area (Å²) in [5, 5.41) is 2.71. The van der Waals surface area contributed by atoms with Crippen molar-refractivity contribution >= 4 is 27.4 Å². The number of nitrogens with zero attached hydrogens (tertiary/aromatic N) is 1. The third-order valence-corrected chi connectivity index (χ3v) is 5.58. The Bertz CT molecular complexity index is 1120. The molecular weight excluding hydrogens is 374 g/mol. The van der Waals surface area contributed by atoms with Crippen LogP contribution in [0.4, 0.5) is 11.5 Å².